The highest BCUT2D eigenvalue weighted by molar-refractivity contribution is 5.76. The Morgan fingerprint density at radius 3 is 2.48 bits per heavy atom. The summed E-state index contributed by atoms with van der Waals surface area (Å²) in [5.74, 6) is 0.774. The van der Waals surface area contributed by atoms with Crippen LogP contribution < -0.4 is 10.1 Å². The zero-order chi connectivity index (χ0) is 18.2. The van der Waals surface area contributed by atoms with Crippen LogP contribution in [0.15, 0.2) is 24.3 Å². The molecule has 1 aliphatic rings. The smallest absolute Gasteiger partial charge is 0.308 e. The molecular formula is C20H29NO4. The van der Waals surface area contributed by atoms with Crippen molar-refractivity contribution in [2.75, 3.05) is 7.11 Å². The lowest BCUT2D eigenvalue weighted by Crippen LogP contribution is -2.33. The van der Waals surface area contributed by atoms with Crippen molar-refractivity contribution in [1.29, 1.82) is 0 Å². The summed E-state index contributed by atoms with van der Waals surface area (Å²) < 4.78 is 10.9. The second-order valence-corrected chi connectivity index (χ2v) is 6.71. The molecule has 0 aliphatic heterocycles. The Morgan fingerprint density at radius 1 is 1.20 bits per heavy atom. The van der Waals surface area contributed by atoms with Crippen LogP contribution in [0.3, 0.4) is 0 Å². The van der Waals surface area contributed by atoms with Crippen molar-refractivity contribution in [3.05, 3.63) is 29.8 Å². The van der Waals surface area contributed by atoms with Crippen LogP contribution in [0.4, 0.5) is 0 Å². The molecule has 138 valence electrons. The van der Waals surface area contributed by atoms with E-state index in [1.54, 1.807) is 7.11 Å². The molecule has 1 fully saturated rings. The number of nitrogens with one attached hydrogen (secondary N) is 1. The molecule has 1 N–H and O–H groups in total. The van der Waals surface area contributed by atoms with Crippen molar-refractivity contribution < 1.29 is 19.1 Å². The van der Waals surface area contributed by atoms with Gasteiger partial charge >= 0.3 is 5.97 Å². The second-order valence-electron chi connectivity index (χ2n) is 6.71. The Morgan fingerprint density at radius 2 is 1.88 bits per heavy atom. The van der Waals surface area contributed by atoms with Crippen molar-refractivity contribution in [2.45, 2.75) is 64.5 Å². The Balaban J connectivity index is 2.02. The molecule has 5 nitrogen and oxygen atoms in total. The molecule has 1 aliphatic carbocycles. The monoisotopic (exact) mass is 347 g/mol. The van der Waals surface area contributed by atoms with Crippen molar-refractivity contribution >= 4 is 11.9 Å². The molecule has 3 atom stereocenters. The molecule has 1 aromatic carbocycles. The van der Waals surface area contributed by atoms with Crippen LogP contribution in [0.2, 0.25) is 0 Å². The van der Waals surface area contributed by atoms with E-state index in [1.807, 2.05) is 24.3 Å². The van der Waals surface area contributed by atoms with Gasteiger partial charge in [-0.25, -0.2) is 0 Å². The van der Waals surface area contributed by atoms with Crippen molar-refractivity contribution in [3.63, 3.8) is 0 Å². The molecule has 0 spiro atoms. The molecule has 0 aromatic heterocycles. The molecule has 0 heterocycles. The summed E-state index contributed by atoms with van der Waals surface area (Å²) in [6.45, 7) is 3.60. The number of hydrogen-bond donors (Lipinski definition) is 1. The molecule has 5 heteroatoms. The number of methoxy groups -OCH3 is 1. The number of amides is 1. The van der Waals surface area contributed by atoms with Crippen LogP contribution >= 0.6 is 0 Å². The van der Waals surface area contributed by atoms with E-state index in [9.17, 15) is 9.59 Å². The summed E-state index contributed by atoms with van der Waals surface area (Å²) in [6, 6.07) is 6.98. The van der Waals surface area contributed by atoms with Gasteiger partial charge in [0.1, 0.15) is 11.9 Å². The summed E-state index contributed by atoms with van der Waals surface area (Å²) in [5.41, 5.74) is 0.864. The van der Waals surface area contributed by atoms with E-state index < -0.39 is 0 Å². The first-order valence-corrected chi connectivity index (χ1v) is 9.14. The predicted molar refractivity (Wildman–Crippen MR) is 96.3 cm³/mol. The Labute approximate surface area is 150 Å². The SMILES string of the molecule is CCC1CCCCC1OC(=O)CC(NC(C)=O)c1ccc(OC)cc1. The third-order valence-corrected chi connectivity index (χ3v) is 4.91. The first-order valence-electron chi connectivity index (χ1n) is 9.14. The summed E-state index contributed by atoms with van der Waals surface area (Å²) in [5, 5.41) is 2.85. The standard InChI is InChI=1S/C20H29NO4/c1-4-15-7-5-6-8-19(15)25-20(23)13-18(21-14(2)22)16-9-11-17(24-3)12-10-16/h9-12,15,18-19H,4-8,13H2,1-3H3,(H,21,22). The van der Waals surface area contributed by atoms with E-state index in [-0.39, 0.29) is 30.4 Å². The van der Waals surface area contributed by atoms with Gasteiger partial charge in [0, 0.05) is 6.92 Å². The van der Waals surface area contributed by atoms with Crippen molar-refractivity contribution in [3.8, 4) is 5.75 Å². The lowest BCUT2D eigenvalue weighted by atomic mass is 9.85. The average molecular weight is 347 g/mol. The van der Waals surface area contributed by atoms with Crippen molar-refractivity contribution in [2.24, 2.45) is 5.92 Å². The van der Waals surface area contributed by atoms with Gasteiger partial charge in [0.25, 0.3) is 0 Å². The second kappa shape index (κ2) is 9.44. The van der Waals surface area contributed by atoms with E-state index in [0.29, 0.717) is 5.92 Å². The molecule has 1 amide bonds. The predicted octanol–water partition coefficient (Wildman–Crippen LogP) is 3.77. The van der Waals surface area contributed by atoms with Gasteiger partial charge in [-0.15, -0.1) is 0 Å². The van der Waals surface area contributed by atoms with Gasteiger partial charge < -0.3 is 14.8 Å². The first kappa shape index (κ1) is 19.3. The van der Waals surface area contributed by atoms with Crippen molar-refractivity contribution in [1.82, 2.24) is 5.32 Å². The highest BCUT2D eigenvalue weighted by atomic mass is 16.5. The number of benzene rings is 1. The fourth-order valence-electron chi connectivity index (χ4n) is 3.51. The Kier molecular flexibility index (Phi) is 7.29. The van der Waals surface area contributed by atoms with E-state index in [4.69, 9.17) is 9.47 Å². The van der Waals surface area contributed by atoms with Crippen LogP contribution in [0.1, 0.15) is 64.0 Å². The topological polar surface area (TPSA) is 64.6 Å². The average Bonchev–Trinajstić information content (AvgIpc) is 2.61. The molecule has 25 heavy (non-hydrogen) atoms. The van der Waals surface area contributed by atoms with Gasteiger partial charge in [-0.05, 0) is 49.3 Å². The van der Waals surface area contributed by atoms with Gasteiger partial charge in [0.2, 0.25) is 5.91 Å². The third kappa shape index (κ3) is 5.76. The quantitative estimate of drug-likeness (QED) is 0.763. The Hall–Kier alpha value is -2.04. The number of carbonyl (C=O) groups excluding carboxylic acids is 2. The minimum absolute atomic E-state index is 0.0140. The summed E-state index contributed by atoms with van der Waals surface area (Å²) in [6.07, 6.45) is 5.58. The molecule has 0 bridgehead atoms. The highest BCUT2D eigenvalue weighted by Crippen LogP contribution is 2.30. The largest absolute Gasteiger partial charge is 0.497 e. The van der Waals surface area contributed by atoms with Crippen LogP contribution in [-0.2, 0) is 14.3 Å². The van der Waals surface area contributed by atoms with Gasteiger partial charge in [-0.2, -0.15) is 0 Å². The number of rotatable bonds is 7. The van der Waals surface area contributed by atoms with E-state index in [2.05, 4.69) is 12.2 Å². The summed E-state index contributed by atoms with van der Waals surface area (Å²) >= 11 is 0. The molecule has 1 aromatic rings. The van der Waals surface area contributed by atoms with Gasteiger partial charge in [-0.1, -0.05) is 25.5 Å². The van der Waals surface area contributed by atoms with Crippen LogP contribution in [-0.4, -0.2) is 25.1 Å². The number of hydrogen-bond acceptors (Lipinski definition) is 4. The molecule has 0 radical (unpaired) electrons. The molecule has 2 rings (SSSR count). The maximum Gasteiger partial charge on any atom is 0.308 e. The van der Waals surface area contributed by atoms with E-state index in [0.717, 1.165) is 37.0 Å². The number of carbonyl (C=O) groups is 2. The molecular weight excluding hydrogens is 318 g/mol. The maximum absolute atomic E-state index is 12.5. The normalized spacial score (nSPS) is 21.2. The van der Waals surface area contributed by atoms with Crippen LogP contribution in [0.25, 0.3) is 0 Å². The zero-order valence-electron chi connectivity index (χ0n) is 15.4. The molecule has 3 unspecified atom stereocenters. The first-order chi connectivity index (χ1) is 12.0. The van der Waals surface area contributed by atoms with Crippen LogP contribution in [0.5, 0.6) is 5.75 Å². The zero-order valence-corrected chi connectivity index (χ0v) is 15.4. The molecule has 0 saturated heterocycles. The third-order valence-electron chi connectivity index (χ3n) is 4.91. The number of esters is 1. The van der Waals surface area contributed by atoms with Crippen LogP contribution in [0, 0.1) is 5.92 Å². The molecule has 1 saturated carbocycles. The van der Waals surface area contributed by atoms with E-state index in [1.165, 1.54) is 13.3 Å². The van der Waals surface area contributed by atoms with Gasteiger partial charge in [-0.3, -0.25) is 9.59 Å². The lowest BCUT2D eigenvalue weighted by Gasteiger charge is -2.31. The number of ether oxygens (including phenoxy) is 2. The maximum atomic E-state index is 12.5. The Bertz CT molecular complexity index is 570. The summed E-state index contributed by atoms with van der Waals surface area (Å²) in [4.78, 5) is 24.0. The lowest BCUT2D eigenvalue weighted by molar-refractivity contribution is -0.154. The van der Waals surface area contributed by atoms with Gasteiger partial charge in [0.15, 0.2) is 0 Å². The van der Waals surface area contributed by atoms with E-state index >= 15 is 0 Å². The van der Waals surface area contributed by atoms with Gasteiger partial charge in [0.05, 0.1) is 19.6 Å². The fourth-order valence-corrected chi connectivity index (χ4v) is 3.51. The highest BCUT2D eigenvalue weighted by Gasteiger charge is 2.28. The summed E-state index contributed by atoms with van der Waals surface area (Å²) in [7, 11) is 1.60. The minimum atomic E-state index is -0.389. The minimum Gasteiger partial charge on any atom is -0.497 e. The fraction of sp³-hybridized carbons (Fsp3) is 0.600.